The molecular formula is C12H17NO2. The van der Waals surface area contributed by atoms with Gasteiger partial charge >= 0.3 is 0 Å². The summed E-state index contributed by atoms with van der Waals surface area (Å²) < 4.78 is 0.673. The molecule has 0 bridgehead atoms. The van der Waals surface area contributed by atoms with Gasteiger partial charge in [-0.25, -0.2) is 4.74 Å². The Morgan fingerprint density at radius 3 is 2.47 bits per heavy atom. The van der Waals surface area contributed by atoms with Gasteiger partial charge in [0.05, 0.1) is 6.10 Å². The van der Waals surface area contributed by atoms with E-state index in [2.05, 4.69) is 6.72 Å². The van der Waals surface area contributed by atoms with Gasteiger partial charge in [0, 0.05) is 12.8 Å². The Labute approximate surface area is 90.3 Å². The highest BCUT2D eigenvalue weighted by Gasteiger charge is 2.18. The van der Waals surface area contributed by atoms with Crippen molar-refractivity contribution in [2.45, 2.75) is 31.9 Å². The van der Waals surface area contributed by atoms with Crippen LogP contribution < -0.4 is 0 Å². The fraction of sp³-hybridized carbons (Fsp3) is 0.417. The third kappa shape index (κ3) is 3.36. The van der Waals surface area contributed by atoms with Gasteiger partial charge in [-0.15, -0.1) is 0 Å². The van der Waals surface area contributed by atoms with Gasteiger partial charge in [-0.1, -0.05) is 37.3 Å². The highest BCUT2D eigenvalue weighted by atomic mass is 16.5. The minimum atomic E-state index is -0.589. The van der Waals surface area contributed by atoms with Crippen molar-refractivity contribution in [1.29, 1.82) is 0 Å². The van der Waals surface area contributed by atoms with Crippen molar-refractivity contribution in [1.82, 2.24) is 0 Å². The predicted octanol–water partition coefficient (Wildman–Crippen LogP) is 2.10. The van der Waals surface area contributed by atoms with Crippen molar-refractivity contribution in [2.75, 3.05) is 0 Å². The van der Waals surface area contributed by atoms with Gasteiger partial charge < -0.3 is 10.3 Å². The number of aliphatic hydroxyl groups is 1. The minimum Gasteiger partial charge on any atom is -0.624 e. The lowest BCUT2D eigenvalue weighted by Gasteiger charge is -2.17. The first-order chi connectivity index (χ1) is 7.15. The molecule has 0 amide bonds. The number of hydrogen-bond acceptors (Lipinski definition) is 2. The van der Waals surface area contributed by atoms with Crippen LogP contribution in [0, 0.1) is 5.21 Å². The first-order valence-electron chi connectivity index (χ1n) is 5.15. The highest BCUT2D eigenvalue weighted by Crippen LogP contribution is 2.20. The third-order valence-corrected chi connectivity index (χ3v) is 2.56. The van der Waals surface area contributed by atoms with E-state index in [9.17, 15) is 10.3 Å². The Bertz CT molecular complexity index is 311. The number of hydroxylamine groups is 1. The summed E-state index contributed by atoms with van der Waals surface area (Å²) in [5, 5.41) is 20.9. The van der Waals surface area contributed by atoms with E-state index in [0.717, 1.165) is 5.56 Å². The molecule has 82 valence electrons. The molecule has 15 heavy (non-hydrogen) atoms. The average molecular weight is 207 g/mol. The zero-order chi connectivity index (χ0) is 11.3. The molecule has 0 heterocycles. The monoisotopic (exact) mass is 207 g/mol. The molecule has 2 atom stereocenters. The van der Waals surface area contributed by atoms with Crippen molar-refractivity contribution in [2.24, 2.45) is 0 Å². The molecule has 1 aromatic carbocycles. The first kappa shape index (κ1) is 11.7. The summed E-state index contributed by atoms with van der Waals surface area (Å²) in [4.78, 5) is 0. The van der Waals surface area contributed by atoms with Crippen LogP contribution in [0.25, 0.3) is 0 Å². The third-order valence-electron chi connectivity index (χ3n) is 2.56. The predicted molar refractivity (Wildman–Crippen MR) is 60.8 cm³/mol. The van der Waals surface area contributed by atoms with Gasteiger partial charge in [-0.05, 0) is 5.56 Å². The van der Waals surface area contributed by atoms with E-state index in [4.69, 9.17) is 0 Å². The lowest BCUT2D eigenvalue weighted by molar-refractivity contribution is -0.496. The topological polar surface area (TPSA) is 46.3 Å². The van der Waals surface area contributed by atoms with Gasteiger partial charge in [-0.3, -0.25) is 0 Å². The molecule has 0 aliphatic rings. The Hall–Kier alpha value is -1.35. The van der Waals surface area contributed by atoms with Crippen LogP contribution in [0.4, 0.5) is 0 Å². The molecule has 0 saturated carbocycles. The SMILES string of the molecule is C=[N+]([O-])[C@H](CC)C[C@@H](O)c1ccccc1. The normalized spacial score (nSPS) is 14.5. The Morgan fingerprint density at radius 1 is 1.40 bits per heavy atom. The van der Waals surface area contributed by atoms with Gasteiger partial charge in [-0.2, -0.15) is 0 Å². The summed E-state index contributed by atoms with van der Waals surface area (Å²) in [5.74, 6) is 0. The molecule has 1 aromatic rings. The minimum absolute atomic E-state index is 0.222. The van der Waals surface area contributed by atoms with Crippen LogP contribution >= 0.6 is 0 Å². The molecule has 0 aromatic heterocycles. The van der Waals surface area contributed by atoms with Crippen LogP contribution in [0.3, 0.4) is 0 Å². The van der Waals surface area contributed by atoms with Crippen LogP contribution in [-0.2, 0) is 0 Å². The van der Waals surface area contributed by atoms with Gasteiger partial charge in [0.15, 0.2) is 6.04 Å². The van der Waals surface area contributed by atoms with Crippen molar-refractivity contribution in [3.63, 3.8) is 0 Å². The molecule has 1 rings (SSSR count). The molecule has 0 unspecified atom stereocenters. The van der Waals surface area contributed by atoms with E-state index in [1.54, 1.807) is 0 Å². The summed E-state index contributed by atoms with van der Waals surface area (Å²) >= 11 is 0. The Morgan fingerprint density at radius 2 is 2.00 bits per heavy atom. The van der Waals surface area contributed by atoms with Crippen LogP contribution in [0.5, 0.6) is 0 Å². The maximum atomic E-state index is 11.0. The van der Waals surface area contributed by atoms with Crippen LogP contribution in [0.15, 0.2) is 30.3 Å². The van der Waals surface area contributed by atoms with Crippen LogP contribution in [0.2, 0.25) is 0 Å². The molecule has 3 heteroatoms. The number of nitrogens with zero attached hydrogens (tertiary/aromatic N) is 1. The summed E-state index contributed by atoms with van der Waals surface area (Å²) in [6.07, 6.45) is 0.527. The van der Waals surface area contributed by atoms with Crippen LogP contribution in [-0.4, -0.2) is 22.6 Å². The molecular weight excluding hydrogens is 190 g/mol. The number of rotatable bonds is 5. The second-order valence-corrected chi connectivity index (χ2v) is 3.64. The standard InChI is InChI=1S/C12H17NO2/c1-3-11(13(2)15)9-12(14)10-7-5-4-6-8-10/h4-8,11-12,14H,2-3,9H2,1H3/t11-,12-/m1/s1. The maximum Gasteiger partial charge on any atom is 0.165 e. The largest absolute Gasteiger partial charge is 0.624 e. The molecule has 0 saturated heterocycles. The molecule has 3 nitrogen and oxygen atoms in total. The van der Waals surface area contributed by atoms with Crippen molar-refractivity contribution in [3.8, 4) is 0 Å². The molecule has 0 fully saturated rings. The van der Waals surface area contributed by atoms with Gasteiger partial charge in [0.2, 0.25) is 0 Å². The van der Waals surface area contributed by atoms with E-state index in [1.165, 1.54) is 0 Å². The second-order valence-electron chi connectivity index (χ2n) is 3.64. The van der Waals surface area contributed by atoms with Crippen molar-refractivity contribution < 1.29 is 9.85 Å². The highest BCUT2D eigenvalue weighted by molar-refractivity contribution is 5.18. The van der Waals surface area contributed by atoms with Gasteiger partial charge in [0.25, 0.3) is 0 Å². The summed E-state index contributed by atoms with van der Waals surface area (Å²) in [6, 6.07) is 9.14. The average Bonchev–Trinajstić information content (AvgIpc) is 2.26. The molecule has 0 radical (unpaired) electrons. The van der Waals surface area contributed by atoms with E-state index in [1.807, 2.05) is 37.3 Å². The number of hydrogen-bond donors (Lipinski definition) is 1. The smallest absolute Gasteiger partial charge is 0.165 e. The van der Waals surface area contributed by atoms with E-state index >= 15 is 0 Å². The summed E-state index contributed by atoms with van der Waals surface area (Å²) in [7, 11) is 0. The molecule has 0 aliphatic heterocycles. The molecule has 1 N–H and O–H groups in total. The number of benzene rings is 1. The summed E-state index contributed by atoms with van der Waals surface area (Å²) in [5.41, 5.74) is 0.845. The van der Waals surface area contributed by atoms with E-state index in [0.29, 0.717) is 17.6 Å². The second kappa shape index (κ2) is 5.51. The maximum absolute atomic E-state index is 11.0. The quantitative estimate of drug-likeness (QED) is 0.348. The van der Waals surface area contributed by atoms with Crippen molar-refractivity contribution >= 4 is 6.72 Å². The zero-order valence-electron chi connectivity index (χ0n) is 8.97. The van der Waals surface area contributed by atoms with Gasteiger partial charge in [0.1, 0.15) is 6.72 Å². The zero-order valence-corrected chi connectivity index (χ0v) is 8.97. The summed E-state index contributed by atoms with van der Waals surface area (Å²) in [6.45, 7) is 5.24. The Balaban J connectivity index is 2.62. The van der Waals surface area contributed by atoms with E-state index in [-0.39, 0.29) is 6.04 Å². The van der Waals surface area contributed by atoms with E-state index < -0.39 is 6.10 Å². The molecule has 0 aliphatic carbocycles. The fourth-order valence-electron chi connectivity index (χ4n) is 1.56. The Kier molecular flexibility index (Phi) is 4.31. The molecule has 0 spiro atoms. The lowest BCUT2D eigenvalue weighted by atomic mass is 10.0. The number of aliphatic hydroxyl groups excluding tert-OH is 1. The fourth-order valence-corrected chi connectivity index (χ4v) is 1.56. The van der Waals surface area contributed by atoms with Crippen molar-refractivity contribution in [3.05, 3.63) is 41.1 Å². The first-order valence-corrected chi connectivity index (χ1v) is 5.15. The van der Waals surface area contributed by atoms with Crippen LogP contribution in [0.1, 0.15) is 31.4 Å². The lowest BCUT2D eigenvalue weighted by Crippen LogP contribution is -2.22.